The van der Waals surface area contributed by atoms with Crippen LogP contribution in [0, 0.1) is 5.92 Å². The number of carboxylic acids is 1. The molecule has 1 aromatic carbocycles. The molecule has 116 valence electrons. The van der Waals surface area contributed by atoms with E-state index < -0.39 is 16.0 Å². The normalized spacial score (nSPS) is 18.3. The van der Waals surface area contributed by atoms with E-state index in [0.29, 0.717) is 13.2 Å². The zero-order chi connectivity index (χ0) is 15.5. The summed E-state index contributed by atoms with van der Waals surface area (Å²) in [5.74, 6) is -0.916. The molecular formula is C14H19NO5S. The first-order chi connectivity index (χ1) is 9.90. The predicted octanol–water partition coefficient (Wildman–Crippen LogP) is 1.48. The molecule has 6 nitrogen and oxygen atoms in total. The van der Waals surface area contributed by atoms with Crippen molar-refractivity contribution >= 4 is 16.0 Å². The molecule has 0 aromatic heterocycles. The Kier molecular flexibility index (Phi) is 4.97. The van der Waals surface area contributed by atoms with Gasteiger partial charge in [0, 0.05) is 19.3 Å². The summed E-state index contributed by atoms with van der Waals surface area (Å²) in [6, 6.07) is 5.14. The fourth-order valence-corrected chi connectivity index (χ4v) is 3.78. The number of carbonyl (C=O) groups is 1. The van der Waals surface area contributed by atoms with E-state index in [1.807, 2.05) is 6.92 Å². The Hall–Kier alpha value is -1.44. The van der Waals surface area contributed by atoms with Gasteiger partial charge < -0.3 is 9.84 Å². The quantitative estimate of drug-likeness (QED) is 0.859. The van der Waals surface area contributed by atoms with Gasteiger partial charge in [0.15, 0.2) is 0 Å². The standard InChI is InChI=1S/C14H19NO5S/c1-10(11-5-7-20-8-6-11)15-21(18,19)13-4-2-3-12(9-13)14(16)17/h2-4,9-11,15H,5-8H2,1H3,(H,16,17). The highest BCUT2D eigenvalue weighted by Crippen LogP contribution is 2.20. The first-order valence-electron chi connectivity index (χ1n) is 6.83. The minimum absolute atomic E-state index is 0.0266. The minimum atomic E-state index is -3.72. The number of benzene rings is 1. The summed E-state index contributed by atoms with van der Waals surface area (Å²) in [5.41, 5.74) is -0.0448. The Balaban J connectivity index is 2.14. The van der Waals surface area contributed by atoms with Crippen LogP contribution in [0.25, 0.3) is 0 Å². The highest BCUT2D eigenvalue weighted by molar-refractivity contribution is 7.89. The molecule has 1 aromatic rings. The van der Waals surface area contributed by atoms with Gasteiger partial charge in [0.05, 0.1) is 10.5 Å². The number of nitrogens with one attached hydrogen (secondary N) is 1. The van der Waals surface area contributed by atoms with Crippen LogP contribution < -0.4 is 4.72 Å². The molecule has 1 heterocycles. The predicted molar refractivity (Wildman–Crippen MR) is 76.7 cm³/mol. The van der Waals surface area contributed by atoms with Gasteiger partial charge in [-0.05, 0) is 43.9 Å². The Morgan fingerprint density at radius 2 is 2.05 bits per heavy atom. The van der Waals surface area contributed by atoms with E-state index >= 15 is 0 Å². The van der Waals surface area contributed by atoms with Crippen molar-refractivity contribution in [3.63, 3.8) is 0 Å². The summed E-state index contributed by atoms with van der Waals surface area (Å²) in [6.45, 7) is 3.12. The summed E-state index contributed by atoms with van der Waals surface area (Å²) in [7, 11) is -3.72. The maximum absolute atomic E-state index is 12.3. The molecule has 2 rings (SSSR count). The van der Waals surface area contributed by atoms with Crippen LogP contribution in [-0.4, -0.2) is 38.7 Å². The van der Waals surface area contributed by atoms with E-state index in [1.165, 1.54) is 24.3 Å². The average molecular weight is 313 g/mol. The summed E-state index contributed by atoms with van der Waals surface area (Å²) in [6.07, 6.45) is 1.64. The molecular weight excluding hydrogens is 294 g/mol. The molecule has 0 saturated carbocycles. The number of aromatic carboxylic acids is 1. The van der Waals surface area contributed by atoms with Gasteiger partial charge in [-0.25, -0.2) is 17.9 Å². The Bertz CT molecular complexity index is 608. The van der Waals surface area contributed by atoms with Crippen LogP contribution in [0.5, 0.6) is 0 Å². The molecule has 1 saturated heterocycles. The van der Waals surface area contributed by atoms with Crippen molar-refractivity contribution in [1.29, 1.82) is 0 Å². The highest BCUT2D eigenvalue weighted by Gasteiger charge is 2.25. The third kappa shape index (κ3) is 4.03. The third-order valence-electron chi connectivity index (χ3n) is 3.71. The molecule has 0 radical (unpaired) electrons. The summed E-state index contributed by atoms with van der Waals surface area (Å²) < 4.78 is 32.5. The first kappa shape index (κ1) is 15.9. The molecule has 1 aliphatic heterocycles. The highest BCUT2D eigenvalue weighted by atomic mass is 32.2. The van der Waals surface area contributed by atoms with Crippen LogP contribution in [-0.2, 0) is 14.8 Å². The topological polar surface area (TPSA) is 92.7 Å². The smallest absolute Gasteiger partial charge is 0.335 e. The third-order valence-corrected chi connectivity index (χ3v) is 5.26. The van der Waals surface area contributed by atoms with Crippen molar-refractivity contribution in [2.45, 2.75) is 30.7 Å². The lowest BCUT2D eigenvalue weighted by Crippen LogP contribution is -2.40. The second kappa shape index (κ2) is 6.55. The van der Waals surface area contributed by atoms with Crippen molar-refractivity contribution in [2.24, 2.45) is 5.92 Å². The molecule has 21 heavy (non-hydrogen) atoms. The number of sulfonamides is 1. The molecule has 0 spiro atoms. The lowest BCUT2D eigenvalue weighted by molar-refractivity contribution is 0.0585. The molecule has 7 heteroatoms. The summed E-state index contributed by atoms with van der Waals surface area (Å²) in [4.78, 5) is 10.9. The van der Waals surface area contributed by atoms with Gasteiger partial charge in [0.1, 0.15) is 0 Å². The van der Waals surface area contributed by atoms with E-state index in [9.17, 15) is 13.2 Å². The van der Waals surface area contributed by atoms with Crippen molar-refractivity contribution in [3.8, 4) is 0 Å². The number of ether oxygens (including phenoxy) is 1. The number of carboxylic acid groups (broad SMARTS) is 1. The number of rotatable bonds is 5. The van der Waals surface area contributed by atoms with Gasteiger partial charge in [-0.15, -0.1) is 0 Å². The molecule has 0 aliphatic carbocycles. The lowest BCUT2D eigenvalue weighted by Gasteiger charge is -2.28. The van der Waals surface area contributed by atoms with Gasteiger partial charge in [0.2, 0.25) is 10.0 Å². The monoisotopic (exact) mass is 313 g/mol. The van der Waals surface area contributed by atoms with Crippen molar-refractivity contribution < 1.29 is 23.1 Å². The molecule has 1 fully saturated rings. The molecule has 1 unspecified atom stereocenters. The molecule has 1 atom stereocenters. The van der Waals surface area contributed by atoms with Crippen molar-refractivity contribution in [3.05, 3.63) is 29.8 Å². The largest absolute Gasteiger partial charge is 0.478 e. The van der Waals surface area contributed by atoms with E-state index in [2.05, 4.69) is 4.72 Å². The van der Waals surface area contributed by atoms with E-state index in [-0.39, 0.29) is 22.4 Å². The summed E-state index contributed by atoms with van der Waals surface area (Å²) >= 11 is 0. The average Bonchev–Trinajstić information content (AvgIpc) is 2.48. The van der Waals surface area contributed by atoms with E-state index in [4.69, 9.17) is 9.84 Å². The fraction of sp³-hybridized carbons (Fsp3) is 0.500. The Morgan fingerprint density at radius 1 is 1.38 bits per heavy atom. The van der Waals surface area contributed by atoms with Crippen molar-refractivity contribution in [1.82, 2.24) is 4.72 Å². The molecule has 2 N–H and O–H groups in total. The van der Waals surface area contributed by atoms with Gasteiger partial charge in [-0.2, -0.15) is 0 Å². The zero-order valence-corrected chi connectivity index (χ0v) is 12.6. The second-order valence-corrected chi connectivity index (χ2v) is 6.91. The van der Waals surface area contributed by atoms with Crippen LogP contribution in [0.15, 0.2) is 29.2 Å². The minimum Gasteiger partial charge on any atom is -0.478 e. The van der Waals surface area contributed by atoms with Crippen LogP contribution in [0.3, 0.4) is 0 Å². The van der Waals surface area contributed by atoms with Crippen LogP contribution >= 0.6 is 0 Å². The number of hydrogen-bond donors (Lipinski definition) is 2. The fourth-order valence-electron chi connectivity index (χ4n) is 2.42. The van der Waals surface area contributed by atoms with Gasteiger partial charge in [-0.1, -0.05) is 6.07 Å². The SMILES string of the molecule is CC(NS(=O)(=O)c1cccc(C(=O)O)c1)C1CCOCC1. The maximum atomic E-state index is 12.3. The van der Waals surface area contributed by atoms with Crippen LogP contribution in [0.2, 0.25) is 0 Å². The van der Waals surface area contributed by atoms with E-state index in [0.717, 1.165) is 12.8 Å². The zero-order valence-electron chi connectivity index (χ0n) is 11.8. The Labute approximate surface area is 124 Å². The molecule has 0 amide bonds. The van der Waals surface area contributed by atoms with Crippen LogP contribution in [0.4, 0.5) is 0 Å². The van der Waals surface area contributed by atoms with Gasteiger partial charge in [0.25, 0.3) is 0 Å². The van der Waals surface area contributed by atoms with Crippen LogP contribution in [0.1, 0.15) is 30.1 Å². The van der Waals surface area contributed by atoms with Crippen molar-refractivity contribution in [2.75, 3.05) is 13.2 Å². The molecule has 1 aliphatic rings. The first-order valence-corrected chi connectivity index (χ1v) is 8.32. The van der Waals surface area contributed by atoms with Gasteiger partial charge >= 0.3 is 5.97 Å². The Morgan fingerprint density at radius 3 is 2.67 bits per heavy atom. The van der Waals surface area contributed by atoms with Gasteiger partial charge in [-0.3, -0.25) is 0 Å². The lowest BCUT2D eigenvalue weighted by atomic mass is 9.94. The molecule has 0 bridgehead atoms. The summed E-state index contributed by atoms with van der Waals surface area (Å²) in [5, 5.41) is 8.93. The van der Waals surface area contributed by atoms with E-state index in [1.54, 1.807) is 0 Å². The second-order valence-electron chi connectivity index (χ2n) is 5.19. The maximum Gasteiger partial charge on any atom is 0.335 e. The number of hydrogen-bond acceptors (Lipinski definition) is 4.